The second kappa shape index (κ2) is 6.94. The number of hydrazine groups is 1. The molecule has 1 fully saturated rings. The summed E-state index contributed by atoms with van der Waals surface area (Å²) in [6.07, 6.45) is 0.292. The zero-order valence-electron chi connectivity index (χ0n) is 13.5. The third kappa shape index (κ3) is 3.78. The van der Waals surface area contributed by atoms with E-state index in [1.54, 1.807) is 0 Å². The largest absolute Gasteiger partial charge is 0.339 e. The van der Waals surface area contributed by atoms with Crippen molar-refractivity contribution in [1.29, 1.82) is 0 Å². The molecule has 2 aromatic rings. The van der Waals surface area contributed by atoms with Gasteiger partial charge in [-0.3, -0.25) is 10.2 Å². The van der Waals surface area contributed by atoms with E-state index in [1.165, 1.54) is 11.1 Å². The number of hydrogen-bond donors (Lipinski definition) is 3. The minimum atomic E-state index is -0.107. The Hall–Kier alpha value is -2.17. The Bertz CT molecular complexity index is 671. The van der Waals surface area contributed by atoms with Crippen molar-refractivity contribution in [2.75, 3.05) is 0 Å². The van der Waals surface area contributed by atoms with Crippen molar-refractivity contribution in [3.63, 3.8) is 0 Å². The van der Waals surface area contributed by atoms with E-state index in [1.807, 2.05) is 43.3 Å². The molecule has 0 bridgehead atoms. The molecule has 1 amide bonds. The summed E-state index contributed by atoms with van der Waals surface area (Å²) >= 11 is 0. The number of amides is 1. The van der Waals surface area contributed by atoms with Crippen LogP contribution in [0.5, 0.6) is 0 Å². The van der Waals surface area contributed by atoms with Crippen LogP contribution < -0.4 is 16.2 Å². The first kappa shape index (κ1) is 15.7. The van der Waals surface area contributed by atoms with Gasteiger partial charge in [-0.05, 0) is 25.0 Å². The lowest BCUT2D eigenvalue weighted by molar-refractivity contribution is -0.121. The Morgan fingerprint density at radius 2 is 1.87 bits per heavy atom. The SMILES string of the molecule is Cc1cccc(CC(=O)NC2NNC(C)C2c2ccccc2)c1. The van der Waals surface area contributed by atoms with Gasteiger partial charge in [0.05, 0.1) is 6.42 Å². The smallest absolute Gasteiger partial charge is 0.225 e. The molecule has 120 valence electrons. The average molecular weight is 309 g/mol. The van der Waals surface area contributed by atoms with Gasteiger partial charge in [0.25, 0.3) is 0 Å². The van der Waals surface area contributed by atoms with Crippen LogP contribution in [-0.4, -0.2) is 18.1 Å². The van der Waals surface area contributed by atoms with Crippen LogP contribution in [-0.2, 0) is 11.2 Å². The van der Waals surface area contributed by atoms with Crippen molar-refractivity contribution < 1.29 is 4.79 Å². The van der Waals surface area contributed by atoms with Crippen LogP contribution in [0.25, 0.3) is 0 Å². The highest BCUT2D eigenvalue weighted by molar-refractivity contribution is 5.79. The fraction of sp³-hybridized carbons (Fsp3) is 0.316. The Balaban J connectivity index is 1.67. The van der Waals surface area contributed by atoms with E-state index in [2.05, 4.69) is 41.3 Å². The summed E-state index contributed by atoms with van der Waals surface area (Å²) in [5, 5.41) is 3.11. The lowest BCUT2D eigenvalue weighted by Gasteiger charge is -2.22. The summed E-state index contributed by atoms with van der Waals surface area (Å²) in [4.78, 5) is 12.4. The van der Waals surface area contributed by atoms with Crippen molar-refractivity contribution in [3.05, 3.63) is 71.3 Å². The number of aryl methyl sites for hydroxylation is 1. The third-order valence-corrected chi connectivity index (χ3v) is 4.31. The molecule has 1 aliphatic rings. The van der Waals surface area contributed by atoms with Crippen LogP contribution in [0.1, 0.15) is 29.5 Å². The minimum Gasteiger partial charge on any atom is -0.339 e. The summed E-state index contributed by atoms with van der Waals surface area (Å²) in [6.45, 7) is 4.16. The molecule has 1 heterocycles. The maximum atomic E-state index is 12.4. The Labute approximate surface area is 137 Å². The van der Waals surface area contributed by atoms with Gasteiger partial charge in [0.1, 0.15) is 6.17 Å². The normalized spacial score (nSPS) is 23.7. The van der Waals surface area contributed by atoms with Crippen molar-refractivity contribution in [2.24, 2.45) is 0 Å². The Kier molecular flexibility index (Phi) is 4.74. The topological polar surface area (TPSA) is 53.2 Å². The lowest BCUT2D eigenvalue weighted by Crippen LogP contribution is -2.46. The van der Waals surface area contributed by atoms with Gasteiger partial charge in [0.2, 0.25) is 5.91 Å². The van der Waals surface area contributed by atoms with Crippen LogP contribution in [0.4, 0.5) is 0 Å². The molecule has 4 nitrogen and oxygen atoms in total. The van der Waals surface area contributed by atoms with Gasteiger partial charge in [-0.15, -0.1) is 0 Å². The van der Waals surface area contributed by atoms with E-state index in [4.69, 9.17) is 0 Å². The monoisotopic (exact) mass is 309 g/mol. The molecule has 0 radical (unpaired) electrons. The number of nitrogens with one attached hydrogen (secondary N) is 3. The average Bonchev–Trinajstić information content (AvgIpc) is 2.88. The van der Waals surface area contributed by atoms with Gasteiger partial charge in [-0.25, -0.2) is 5.43 Å². The van der Waals surface area contributed by atoms with Gasteiger partial charge < -0.3 is 5.32 Å². The molecule has 0 aromatic heterocycles. The van der Waals surface area contributed by atoms with Gasteiger partial charge in [-0.2, -0.15) is 0 Å². The van der Waals surface area contributed by atoms with Crippen molar-refractivity contribution in [2.45, 2.75) is 38.4 Å². The molecule has 3 atom stereocenters. The summed E-state index contributed by atoms with van der Waals surface area (Å²) < 4.78 is 0. The highest BCUT2D eigenvalue weighted by Gasteiger charge is 2.34. The number of benzene rings is 2. The fourth-order valence-corrected chi connectivity index (χ4v) is 3.20. The number of carbonyl (C=O) groups excluding carboxylic acids is 1. The minimum absolute atomic E-state index is 0.0323. The van der Waals surface area contributed by atoms with E-state index in [0.717, 1.165) is 5.56 Å². The van der Waals surface area contributed by atoms with Crippen LogP contribution in [0.2, 0.25) is 0 Å². The molecule has 0 aliphatic carbocycles. The lowest BCUT2D eigenvalue weighted by atomic mass is 9.91. The molecule has 3 N–H and O–H groups in total. The molecule has 1 aliphatic heterocycles. The van der Waals surface area contributed by atoms with E-state index in [9.17, 15) is 4.79 Å². The molecule has 3 rings (SSSR count). The Morgan fingerprint density at radius 1 is 1.09 bits per heavy atom. The summed E-state index contributed by atoms with van der Waals surface area (Å²) in [6, 6.07) is 18.6. The molecule has 23 heavy (non-hydrogen) atoms. The number of carbonyl (C=O) groups is 1. The second-order valence-corrected chi connectivity index (χ2v) is 6.22. The van der Waals surface area contributed by atoms with E-state index >= 15 is 0 Å². The molecule has 2 aromatic carbocycles. The maximum absolute atomic E-state index is 12.4. The van der Waals surface area contributed by atoms with Gasteiger partial charge >= 0.3 is 0 Å². The molecular formula is C19H23N3O. The van der Waals surface area contributed by atoms with Crippen LogP contribution in [0, 0.1) is 6.92 Å². The zero-order valence-corrected chi connectivity index (χ0v) is 13.5. The van der Waals surface area contributed by atoms with Crippen molar-refractivity contribution in [1.82, 2.24) is 16.2 Å². The third-order valence-electron chi connectivity index (χ3n) is 4.31. The van der Waals surface area contributed by atoms with Crippen molar-refractivity contribution >= 4 is 5.91 Å². The quantitative estimate of drug-likeness (QED) is 0.812. The first-order valence-electron chi connectivity index (χ1n) is 8.04. The summed E-state index contributed by atoms with van der Waals surface area (Å²) in [5.41, 5.74) is 9.87. The van der Waals surface area contributed by atoms with Crippen LogP contribution >= 0.6 is 0 Å². The van der Waals surface area contributed by atoms with Crippen LogP contribution in [0.3, 0.4) is 0 Å². The zero-order chi connectivity index (χ0) is 16.2. The van der Waals surface area contributed by atoms with Gasteiger partial charge in [-0.1, -0.05) is 60.2 Å². The first-order chi connectivity index (χ1) is 11.1. The predicted octanol–water partition coefficient (Wildman–Crippen LogP) is 2.26. The van der Waals surface area contributed by atoms with Gasteiger partial charge in [0, 0.05) is 12.0 Å². The highest BCUT2D eigenvalue weighted by atomic mass is 16.1. The number of hydrogen-bond acceptors (Lipinski definition) is 3. The second-order valence-electron chi connectivity index (χ2n) is 6.22. The standard InChI is InChI=1S/C19H23N3O/c1-13-7-6-8-15(11-13)12-17(23)20-19-18(14(2)21-22-19)16-9-4-3-5-10-16/h3-11,14,18-19,21-22H,12H2,1-2H3,(H,20,23). The molecular weight excluding hydrogens is 286 g/mol. The number of rotatable bonds is 4. The summed E-state index contributed by atoms with van der Waals surface area (Å²) in [5.74, 6) is 0.239. The first-order valence-corrected chi connectivity index (χ1v) is 8.04. The van der Waals surface area contributed by atoms with E-state index in [0.29, 0.717) is 6.42 Å². The van der Waals surface area contributed by atoms with E-state index in [-0.39, 0.29) is 24.0 Å². The predicted molar refractivity (Wildman–Crippen MR) is 91.7 cm³/mol. The molecule has 1 saturated heterocycles. The molecule has 4 heteroatoms. The molecule has 0 saturated carbocycles. The van der Waals surface area contributed by atoms with Gasteiger partial charge in [0.15, 0.2) is 0 Å². The Morgan fingerprint density at radius 3 is 2.61 bits per heavy atom. The van der Waals surface area contributed by atoms with Crippen LogP contribution in [0.15, 0.2) is 54.6 Å². The molecule has 3 unspecified atom stereocenters. The fourth-order valence-electron chi connectivity index (χ4n) is 3.20. The highest BCUT2D eigenvalue weighted by Crippen LogP contribution is 2.25. The van der Waals surface area contributed by atoms with Crippen molar-refractivity contribution in [3.8, 4) is 0 Å². The maximum Gasteiger partial charge on any atom is 0.225 e. The van der Waals surface area contributed by atoms with E-state index < -0.39 is 0 Å². The molecule has 0 spiro atoms. The summed E-state index contributed by atoms with van der Waals surface area (Å²) in [7, 11) is 0.